The molecule has 11 heteroatoms. The molecule has 3 aromatic rings. The van der Waals surface area contributed by atoms with E-state index < -0.39 is 0 Å². The van der Waals surface area contributed by atoms with Crippen LogP contribution in [0.5, 0.6) is 0 Å². The zero-order valence-electron chi connectivity index (χ0n) is 17.8. The van der Waals surface area contributed by atoms with Gasteiger partial charge in [-0.25, -0.2) is 4.79 Å². The molecule has 0 bridgehead atoms. The average Bonchev–Trinajstić information content (AvgIpc) is 3.39. The molecule has 0 fully saturated rings. The molecule has 32 heavy (non-hydrogen) atoms. The molecule has 0 aliphatic heterocycles. The second-order valence-corrected chi connectivity index (χ2v) is 10.1. The standard InChI is InChI=1S/C21H23BrN4O4S2/c1-3-29-20(28)17-12-7-5-4-6-8-14(12)32-19(17)23-16(27)11-31-21-25-24-18(26(21)2)13-9-10-15(22)30-13/h9-10H,3-8,11H2,1-2H3,(H,23,27). The largest absolute Gasteiger partial charge is 0.462 e. The molecule has 0 saturated heterocycles. The third-order valence-corrected chi connectivity index (χ3v) is 7.77. The van der Waals surface area contributed by atoms with Gasteiger partial charge >= 0.3 is 5.97 Å². The molecule has 1 N–H and O–H groups in total. The number of amides is 1. The summed E-state index contributed by atoms with van der Waals surface area (Å²) in [5, 5.41) is 12.4. The molecule has 1 aliphatic rings. The van der Waals surface area contributed by atoms with Crippen molar-refractivity contribution in [1.82, 2.24) is 14.8 Å². The lowest BCUT2D eigenvalue weighted by Crippen LogP contribution is -2.17. The van der Waals surface area contributed by atoms with Crippen LogP contribution in [-0.4, -0.2) is 39.0 Å². The number of carbonyl (C=O) groups excluding carboxylic acids is 2. The maximum Gasteiger partial charge on any atom is 0.341 e. The van der Waals surface area contributed by atoms with E-state index in [4.69, 9.17) is 9.15 Å². The van der Waals surface area contributed by atoms with Crippen molar-refractivity contribution in [3.63, 3.8) is 0 Å². The van der Waals surface area contributed by atoms with Crippen LogP contribution in [0.25, 0.3) is 11.6 Å². The summed E-state index contributed by atoms with van der Waals surface area (Å²) in [5.74, 6) is 0.728. The van der Waals surface area contributed by atoms with Gasteiger partial charge in [0, 0.05) is 11.9 Å². The highest BCUT2D eigenvalue weighted by atomic mass is 79.9. The van der Waals surface area contributed by atoms with E-state index in [-0.39, 0.29) is 17.6 Å². The summed E-state index contributed by atoms with van der Waals surface area (Å²) in [6.45, 7) is 2.09. The normalized spacial score (nSPS) is 13.5. The summed E-state index contributed by atoms with van der Waals surface area (Å²) in [7, 11) is 1.82. The monoisotopic (exact) mass is 538 g/mol. The maximum atomic E-state index is 12.7. The number of nitrogens with zero attached hydrogens (tertiary/aromatic N) is 3. The van der Waals surface area contributed by atoms with Crippen LogP contribution >= 0.6 is 39.0 Å². The second kappa shape index (κ2) is 10.2. The number of carbonyl (C=O) groups is 2. The van der Waals surface area contributed by atoms with E-state index in [1.807, 2.05) is 7.05 Å². The van der Waals surface area contributed by atoms with Crippen LogP contribution in [-0.2, 0) is 29.4 Å². The first kappa shape index (κ1) is 23.1. The minimum Gasteiger partial charge on any atom is -0.462 e. The van der Waals surface area contributed by atoms with E-state index in [0.29, 0.717) is 38.6 Å². The number of anilines is 1. The van der Waals surface area contributed by atoms with Gasteiger partial charge < -0.3 is 19.0 Å². The molecule has 8 nitrogen and oxygen atoms in total. The number of fused-ring (bicyclic) bond motifs is 1. The number of furan rings is 1. The predicted molar refractivity (Wildman–Crippen MR) is 127 cm³/mol. The number of thiophene rings is 1. The van der Waals surface area contributed by atoms with Crippen molar-refractivity contribution in [2.45, 2.75) is 44.2 Å². The molecule has 1 aliphatic carbocycles. The van der Waals surface area contributed by atoms with Gasteiger partial charge in [0.25, 0.3) is 0 Å². The number of esters is 1. The molecular formula is C21H23BrN4O4S2. The van der Waals surface area contributed by atoms with Crippen LogP contribution in [0.4, 0.5) is 5.00 Å². The highest BCUT2D eigenvalue weighted by Crippen LogP contribution is 2.38. The number of ether oxygens (including phenoxy) is 1. The van der Waals surface area contributed by atoms with Crippen LogP contribution in [0.3, 0.4) is 0 Å². The van der Waals surface area contributed by atoms with Crippen molar-refractivity contribution in [1.29, 1.82) is 0 Å². The SMILES string of the molecule is CCOC(=O)c1c(NC(=O)CSc2nnc(-c3ccc(Br)o3)n2C)sc2c1CCCCC2. The van der Waals surface area contributed by atoms with E-state index in [0.717, 1.165) is 37.7 Å². The smallest absolute Gasteiger partial charge is 0.341 e. The Morgan fingerprint density at radius 3 is 2.84 bits per heavy atom. The van der Waals surface area contributed by atoms with Crippen LogP contribution in [0.15, 0.2) is 26.4 Å². The minimum atomic E-state index is -0.364. The van der Waals surface area contributed by atoms with Crippen molar-refractivity contribution in [3.8, 4) is 11.6 Å². The van der Waals surface area contributed by atoms with Crippen LogP contribution < -0.4 is 5.32 Å². The summed E-state index contributed by atoms with van der Waals surface area (Å²) < 4.78 is 13.2. The van der Waals surface area contributed by atoms with E-state index in [2.05, 4.69) is 31.4 Å². The van der Waals surface area contributed by atoms with Crippen LogP contribution in [0.1, 0.15) is 47.0 Å². The third-order valence-electron chi connectivity index (χ3n) is 5.11. The summed E-state index contributed by atoms with van der Waals surface area (Å²) in [5.41, 5.74) is 1.56. The van der Waals surface area contributed by atoms with E-state index in [1.165, 1.54) is 28.0 Å². The molecule has 0 unspecified atom stereocenters. The molecule has 0 atom stereocenters. The lowest BCUT2D eigenvalue weighted by atomic mass is 10.1. The zero-order chi connectivity index (χ0) is 22.7. The molecule has 3 aromatic heterocycles. The minimum absolute atomic E-state index is 0.138. The Morgan fingerprint density at radius 2 is 2.09 bits per heavy atom. The van der Waals surface area contributed by atoms with Gasteiger partial charge in [-0.05, 0) is 66.2 Å². The van der Waals surface area contributed by atoms with Gasteiger partial charge in [-0.1, -0.05) is 18.2 Å². The number of hydrogen-bond acceptors (Lipinski definition) is 8. The van der Waals surface area contributed by atoms with E-state index in [1.54, 1.807) is 23.6 Å². The van der Waals surface area contributed by atoms with E-state index >= 15 is 0 Å². The van der Waals surface area contributed by atoms with Gasteiger partial charge in [0.2, 0.25) is 5.91 Å². The maximum absolute atomic E-state index is 12.7. The Bertz CT molecular complexity index is 1140. The summed E-state index contributed by atoms with van der Waals surface area (Å²) in [6, 6.07) is 3.58. The zero-order valence-corrected chi connectivity index (χ0v) is 21.0. The van der Waals surface area contributed by atoms with Crippen molar-refractivity contribution in [2.75, 3.05) is 17.7 Å². The first-order chi connectivity index (χ1) is 15.5. The van der Waals surface area contributed by atoms with Crippen molar-refractivity contribution < 1.29 is 18.7 Å². The Balaban J connectivity index is 1.47. The molecular weight excluding hydrogens is 516 g/mol. The Kier molecular flexibility index (Phi) is 7.37. The topological polar surface area (TPSA) is 99.2 Å². The predicted octanol–water partition coefficient (Wildman–Crippen LogP) is 5.08. The van der Waals surface area contributed by atoms with Crippen molar-refractivity contribution in [3.05, 3.63) is 32.8 Å². The Morgan fingerprint density at radius 1 is 1.28 bits per heavy atom. The number of halogens is 1. The fraction of sp³-hybridized carbons (Fsp3) is 0.429. The number of hydrogen-bond donors (Lipinski definition) is 1. The fourth-order valence-electron chi connectivity index (χ4n) is 3.63. The molecule has 1 amide bonds. The number of thioether (sulfide) groups is 1. The highest BCUT2D eigenvalue weighted by molar-refractivity contribution is 9.10. The first-order valence-electron chi connectivity index (χ1n) is 10.4. The number of nitrogens with one attached hydrogen (secondary N) is 1. The van der Waals surface area contributed by atoms with Crippen LogP contribution in [0.2, 0.25) is 0 Å². The molecule has 0 aromatic carbocycles. The van der Waals surface area contributed by atoms with Gasteiger partial charge in [-0.2, -0.15) is 0 Å². The van der Waals surface area contributed by atoms with Crippen molar-refractivity contribution >= 4 is 55.9 Å². The second-order valence-electron chi connectivity index (χ2n) is 7.29. The lowest BCUT2D eigenvalue weighted by molar-refractivity contribution is -0.113. The Labute approximate surface area is 202 Å². The number of aromatic nitrogens is 3. The number of aryl methyl sites for hydroxylation is 1. The number of rotatable bonds is 7. The van der Waals surface area contributed by atoms with E-state index in [9.17, 15) is 9.59 Å². The highest BCUT2D eigenvalue weighted by Gasteiger charge is 2.26. The Hall–Kier alpha value is -2.11. The van der Waals surface area contributed by atoms with Gasteiger partial charge in [-0.3, -0.25) is 4.79 Å². The average molecular weight is 539 g/mol. The molecule has 170 valence electrons. The third kappa shape index (κ3) is 4.94. The summed E-state index contributed by atoms with van der Waals surface area (Å²) in [6.07, 6.45) is 5.06. The fourth-order valence-corrected chi connectivity index (χ4v) is 5.94. The van der Waals surface area contributed by atoms with Gasteiger partial charge in [0.1, 0.15) is 5.00 Å². The molecule has 0 spiro atoms. The first-order valence-corrected chi connectivity index (χ1v) is 13.0. The summed E-state index contributed by atoms with van der Waals surface area (Å²) in [4.78, 5) is 26.6. The van der Waals surface area contributed by atoms with Gasteiger partial charge in [0.15, 0.2) is 21.4 Å². The quantitative estimate of drug-likeness (QED) is 0.254. The van der Waals surface area contributed by atoms with Gasteiger partial charge in [-0.15, -0.1) is 21.5 Å². The molecule has 0 saturated carbocycles. The summed E-state index contributed by atoms with van der Waals surface area (Å²) >= 11 is 6.04. The molecule has 0 radical (unpaired) electrons. The lowest BCUT2D eigenvalue weighted by Gasteiger charge is -2.08. The van der Waals surface area contributed by atoms with Crippen molar-refractivity contribution in [2.24, 2.45) is 7.05 Å². The molecule has 3 heterocycles. The van der Waals surface area contributed by atoms with Crippen LogP contribution in [0, 0.1) is 0 Å². The molecule has 4 rings (SSSR count). The van der Waals surface area contributed by atoms with Gasteiger partial charge in [0.05, 0.1) is 17.9 Å².